The summed E-state index contributed by atoms with van der Waals surface area (Å²) in [5.41, 5.74) is 11.5. The molecule has 2 aromatic carbocycles. The van der Waals surface area contributed by atoms with Crippen LogP contribution in [0, 0.1) is 13.8 Å². The summed E-state index contributed by atoms with van der Waals surface area (Å²) in [6.45, 7) is 4.18. The zero-order valence-electron chi connectivity index (χ0n) is 14.9. The van der Waals surface area contributed by atoms with Gasteiger partial charge in [-0.3, -0.25) is 4.79 Å². The third kappa shape index (κ3) is 3.85. The highest BCUT2D eigenvalue weighted by molar-refractivity contribution is 6.00. The summed E-state index contributed by atoms with van der Waals surface area (Å²) < 4.78 is 0. The number of nitrogens with two attached hydrogens (primary N) is 1. The van der Waals surface area contributed by atoms with Crippen LogP contribution < -0.4 is 11.1 Å². The van der Waals surface area contributed by atoms with E-state index in [0.717, 1.165) is 42.5 Å². The summed E-state index contributed by atoms with van der Waals surface area (Å²) in [6.07, 6.45) is 3.20. The van der Waals surface area contributed by atoms with Crippen LogP contribution in [-0.4, -0.2) is 23.2 Å². The highest BCUT2D eigenvalue weighted by atomic mass is 16.3. The van der Waals surface area contributed by atoms with Crippen LogP contribution in [0.1, 0.15) is 47.2 Å². The van der Waals surface area contributed by atoms with E-state index in [0.29, 0.717) is 5.56 Å². The molecule has 1 fully saturated rings. The fraction of sp³-hybridized carbons (Fsp3) is 0.381. The minimum atomic E-state index is -0.425. The van der Waals surface area contributed by atoms with Crippen LogP contribution in [0.25, 0.3) is 11.1 Å². The molecule has 2 aromatic rings. The Hall–Kier alpha value is -2.33. The third-order valence-corrected chi connectivity index (χ3v) is 5.26. The molecule has 1 aliphatic rings. The van der Waals surface area contributed by atoms with Gasteiger partial charge in [-0.2, -0.15) is 0 Å². The van der Waals surface area contributed by atoms with Crippen molar-refractivity contribution in [2.24, 2.45) is 5.73 Å². The molecular formula is C21H26N2O2. The van der Waals surface area contributed by atoms with E-state index in [4.69, 9.17) is 5.73 Å². The Balaban J connectivity index is 1.91. The van der Waals surface area contributed by atoms with Gasteiger partial charge in [-0.15, -0.1) is 0 Å². The number of hydrogen-bond acceptors (Lipinski definition) is 3. The van der Waals surface area contributed by atoms with Gasteiger partial charge in [0.05, 0.1) is 11.7 Å². The maximum absolute atomic E-state index is 12.0. The van der Waals surface area contributed by atoms with E-state index in [-0.39, 0.29) is 12.1 Å². The first kappa shape index (κ1) is 17.5. The monoisotopic (exact) mass is 338 g/mol. The van der Waals surface area contributed by atoms with E-state index < -0.39 is 5.91 Å². The Kier molecular flexibility index (Phi) is 5.09. The molecule has 0 aliphatic heterocycles. The number of primary amides is 1. The maximum Gasteiger partial charge on any atom is 0.250 e. The van der Waals surface area contributed by atoms with Gasteiger partial charge in [0.2, 0.25) is 0 Å². The van der Waals surface area contributed by atoms with Gasteiger partial charge in [0.25, 0.3) is 5.91 Å². The lowest BCUT2D eigenvalue weighted by atomic mass is 9.92. The lowest BCUT2D eigenvalue weighted by Crippen LogP contribution is -2.29. The van der Waals surface area contributed by atoms with E-state index in [9.17, 15) is 9.90 Å². The van der Waals surface area contributed by atoms with Gasteiger partial charge in [-0.1, -0.05) is 24.3 Å². The van der Waals surface area contributed by atoms with Gasteiger partial charge in [0.1, 0.15) is 0 Å². The van der Waals surface area contributed by atoms with Crippen LogP contribution in [0.4, 0.5) is 5.69 Å². The van der Waals surface area contributed by atoms with Gasteiger partial charge in [0.15, 0.2) is 0 Å². The van der Waals surface area contributed by atoms with E-state index in [1.54, 1.807) is 0 Å². The van der Waals surface area contributed by atoms with E-state index in [2.05, 4.69) is 31.3 Å². The quantitative estimate of drug-likeness (QED) is 0.794. The smallest absolute Gasteiger partial charge is 0.250 e. The topological polar surface area (TPSA) is 75.3 Å². The van der Waals surface area contributed by atoms with Gasteiger partial charge < -0.3 is 16.2 Å². The largest absolute Gasteiger partial charge is 0.393 e. The molecule has 0 bridgehead atoms. The van der Waals surface area contributed by atoms with Crippen molar-refractivity contribution >= 4 is 11.6 Å². The molecule has 4 heteroatoms. The van der Waals surface area contributed by atoms with Crippen LogP contribution in [-0.2, 0) is 0 Å². The Morgan fingerprint density at radius 1 is 1.12 bits per heavy atom. The van der Waals surface area contributed by atoms with Gasteiger partial charge in [-0.05, 0) is 73.9 Å². The highest BCUT2D eigenvalue weighted by Gasteiger charge is 2.21. The second-order valence-electron chi connectivity index (χ2n) is 7.02. The molecule has 3 rings (SSSR count). The Bertz CT molecular complexity index is 777. The summed E-state index contributed by atoms with van der Waals surface area (Å²) in [6, 6.07) is 12.3. The van der Waals surface area contributed by atoms with Gasteiger partial charge in [-0.25, -0.2) is 0 Å². The number of aliphatic hydroxyl groups is 1. The third-order valence-electron chi connectivity index (χ3n) is 5.26. The number of aryl methyl sites for hydroxylation is 1. The van der Waals surface area contributed by atoms with Crippen molar-refractivity contribution in [3.05, 3.63) is 53.1 Å². The van der Waals surface area contributed by atoms with Crippen LogP contribution >= 0.6 is 0 Å². The summed E-state index contributed by atoms with van der Waals surface area (Å²) in [4.78, 5) is 12.0. The van der Waals surface area contributed by atoms with Crippen molar-refractivity contribution in [1.82, 2.24) is 0 Å². The van der Waals surface area contributed by atoms with Crippen molar-refractivity contribution in [2.75, 3.05) is 5.32 Å². The molecule has 1 amide bonds. The molecule has 4 N–H and O–H groups in total. The average Bonchev–Trinajstić information content (AvgIpc) is 2.59. The van der Waals surface area contributed by atoms with Gasteiger partial charge >= 0.3 is 0 Å². The number of benzene rings is 2. The Labute approximate surface area is 149 Å². The molecule has 4 nitrogen and oxygen atoms in total. The zero-order valence-corrected chi connectivity index (χ0v) is 14.9. The van der Waals surface area contributed by atoms with Crippen LogP contribution in [0.15, 0.2) is 36.4 Å². The molecule has 0 radical (unpaired) electrons. The molecule has 0 saturated heterocycles. The molecule has 0 aromatic heterocycles. The fourth-order valence-electron chi connectivity index (χ4n) is 3.55. The summed E-state index contributed by atoms with van der Waals surface area (Å²) in [5.74, 6) is -0.425. The molecule has 1 saturated carbocycles. The van der Waals surface area contributed by atoms with Crippen molar-refractivity contribution in [3.8, 4) is 11.1 Å². The normalized spacial score (nSPS) is 20.3. The maximum atomic E-state index is 12.0. The van der Waals surface area contributed by atoms with Crippen LogP contribution in [0.3, 0.4) is 0 Å². The molecule has 0 atom stereocenters. The minimum Gasteiger partial charge on any atom is -0.393 e. The summed E-state index contributed by atoms with van der Waals surface area (Å²) in [7, 11) is 0. The number of amides is 1. The molecule has 132 valence electrons. The summed E-state index contributed by atoms with van der Waals surface area (Å²) in [5, 5.41) is 13.1. The van der Waals surface area contributed by atoms with Crippen molar-refractivity contribution in [1.29, 1.82) is 0 Å². The Morgan fingerprint density at radius 2 is 1.84 bits per heavy atom. The first-order valence-corrected chi connectivity index (χ1v) is 8.90. The molecule has 1 aliphatic carbocycles. The first-order chi connectivity index (χ1) is 12.0. The van der Waals surface area contributed by atoms with Crippen LogP contribution in [0.2, 0.25) is 0 Å². The molecule has 0 unspecified atom stereocenters. The number of hydrogen-bond donors (Lipinski definition) is 3. The predicted molar refractivity (Wildman–Crippen MR) is 102 cm³/mol. The fourth-order valence-corrected chi connectivity index (χ4v) is 3.55. The van der Waals surface area contributed by atoms with E-state index in [1.165, 1.54) is 11.1 Å². The Morgan fingerprint density at radius 3 is 2.52 bits per heavy atom. The first-order valence-electron chi connectivity index (χ1n) is 8.90. The highest BCUT2D eigenvalue weighted by Crippen LogP contribution is 2.30. The van der Waals surface area contributed by atoms with E-state index in [1.807, 2.05) is 24.3 Å². The number of aliphatic hydroxyl groups excluding tert-OH is 1. The zero-order chi connectivity index (χ0) is 18.0. The number of carbonyl (C=O) groups is 1. The molecule has 0 spiro atoms. The van der Waals surface area contributed by atoms with Gasteiger partial charge in [0, 0.05) is 11.7 Å². The number of carbonyl (C=O) groups excluding carboxylic acids is 1. The van der Waals surface area contributed by atoms with Crippen molar-refractivity contribution < 1.29 is 9.90 Å². The van der Waals surface area contributed by atoms with Crippen molar-refractivity contribution in [2.45, 2.75) is 51.7 Å². The number of anilines is 1. The minimum absolute atomic E-state index is 0.194. The number of nitrogens with one attached hydrogen (secondary N) is 1. The van der Waals surface area contributed by atoms with Crippen molar-refractivity contribution in [3.63, 3.8) is 0 Å². The lowest BCUT2D eigenvalue weighted by Gasteiger charge is -2.27. The molecule has 0 heterocycles. The second kappa shape index (κ2) is 7.28. The second-order valence-corrected chi connectivity index (χ2v) is 7.02. The SMILES string of the molecule is Cc1cccc(-c2ccc(NC3CCC(O)CC3)c(C(N)=O)c2)c1C. The van der Waals surface area contributed by atoms with E-state index >= 15 is 0 Å². The van der Waals surface area contributed by atoms with Crippen LogP contribution in [0.5, 0.6) is 0 Å². The standard InChI is InChI=1S/C21H26N2O2/c1-13-4-3-5-18(14(13)2)15-6-11-20(19(12-15)21(22)25)23-16-7-9-17(24)10-8-16/h3-6,11-12,16-17,23-24H,7-10H2,1-2H3,(H2,22,25). The molecular weight excluding hydrogens is 312 g/mol. The predicted octanol–water partition coefficient (Wildman–Crippen LogP) is 3.78. The summed E-state index contributed by atoms with van der Waals surface area (Å²) >= 11 is 0. The average molecular weight is 338 g/mol. The molecule has 25 heavy (non-hydrogen) atoms. The number of rotatable bonds is 4. The lowest BCUT2D eigenvalue weighted by molar-refractivity contribution is 0.100.